The lowest BCUT2D eigenvalue weighted by Gasteiger charge is -2.39. The summed E-state index contributed by atoms with van der Waals surface area (Å²) in [7, 11) is 11.3. The van der Waals surface area contributed by atoms with Gasteiger partial charge in [-0.2, -0.15) is 14.0 Å². The molecule has 0 spiro atoms. The van der Waals surface area contributed by atoms with E-state index in [-0.39, 0.29) is 0 Å². The first-order valence-corrected chi connectivity index (χ1v) is 7.67. The van der Waals surface area contributed by atoms with Crippen LogP contribution in [0.5, 0.6) is 0 Å². The van der Waals surface area contributed by atoms with Crippen molar-refractivity contribution in [3.05, 3.63) is 36.4 Å². The van der Waals surface area contributed by atoms with Crippen LogP contribution in [0.3, 0.4) is 0 Å². The summed E-state index contributed by atoms with van der Waals surface area (Å²) in [5.41, 5.74) is 1.16. The standard InChI is InChI=1S/C14H25N3P/c1-8-13-9-11-14(12-10-13)18(15(2)3,16(4)5)17(6)7/h8-12H,1H2,2-7H3/q+1. The molecule has 0 bridgehead atoms. The Kier molecular flexibility index (Phi) is 5.06. The molecule has 3 nitrogen and oxygen atoms in total. The molecule has 4 heteroatoms. The first-order valence-electron chi connectivity index (χ1n) is 6.03. The van der Waals surface area contributed by atoms with E-state index in [0.717, 1.165) is 5.56 Å². The van der Waals surface area contributed by atoms with E-state index < -0.39 is 7.71 Å². The van der Waals surface area contributed by atoms with Crippen LogP contribution >= 0.6 is 7.71 Å². The van der Waals surface area contributed by atoms with Gasteiger partial charge >= 0.3 is 0 Å². The van der Waals surface area contributed by atoms with Crippen LogP contribution in [0.25, 0.3) is 6.08 Å². The minimum absolute atomic E-state index is 1.16. The maximum atomic E-state index is 3.81. The van der Waals surface area contributed by atoms with E-state index in [4.69, 9.17) is 0 Å². The molecular formula is C14H25N3P+. The Bertz CT molecular complexity index is 374. The predicted octanol–water partition coefficient (Wildman–Crippen LogP) is 2.40. The van der Waals surface area contributed by atoms with Crippen molar-refractivity contribution in [2.45, 2.75) is 0 Å². The molecule has 0 aromatic heterocycles. The Morgan fingerprint density at radius 3 is 1.50 bits per heavy atom. The van der Waals surface area contributed by atoms with E-state index in [0.29, 0.717) is 0 Å². The third-order valence-electron chi connectivity index (χ3n) is 3.15. The largest absolute Gasteiger partial charge is 0.260 e. The van der Waals surface area contributed by atoms with Crippen molar-refractivity contribution in [3.8, 4) is 0 Å². The van der Waals surface area contributed by atoms with Gasteiger partial charge in [-0.1, -0.05) is 24.8 Å². The summed E-state index contributed by atoms with van der Waals surface area (Å²) >= 11 is 0. The Balaban J connectivity index is 3.36. The molecule has 0 heterocycles. The second-order valence-electron chi connectivity index (χ2n) is 4.91. The van der Waals surface area contributed by atoms with Crippen LogP contribution < -0.4 is 5.30 Å². The van der Waals surface area contributed by atoms with Gasteiger partial charge in [0, 0.05) is 42.3 Å². The van der Waals surface area contributed by atoms with Crippen LogP contribution in [0.1, 0.15) is 5.56 Å². The smallest absolute Gasteiger partial charge is 0.150 e. The molecule has 0 saturated carbocycles. The van der Waals surface area contributed by atoms with E-state index in [2.05, 4.69) is 87.1 Å². The molecule has 0 amide bonds. The van der Waals surface area contributed by atoms with Crippen molar-refractivity contribution in [3.63, 3.8) is 0 Å². The number of hydrogen-bond donors (Lipinski definition) is 0. The van der Waals surface area contributed by atoms with Gasteiger partial charge in [0.2, 0.25) is 0 Å². The molecule has 0 atom stereocenters. The van der Waals surface area contributed by atoms with Crippen LogP contribution in [-0.4, -0.2) is 56.3 Å². The molecule has 1 aromatic rings. The molecule has 0 saturated heterocycles. The summed E-state index contributed by atoms with van der Waals surface area (Å²) < 4.78 is 6.99. The maximum Gasteiger partial charge on any atom is 0.260 e. The van der Waals surface area contributed by atoms with Crippen molar-refractivity contribution in [2.75, 3.05) is 42.3 Å². The molecule has 1 aromatic carbocycles. The molecule has 100 valence electrons. The van der Waals surface area contributed by atoms with Gasteiger partial charge in [-0.3, -0.25) is 0 Å². The van der Waals surface area contributed by atoms with Crippen molar-refractivity contribution in [1.82, 2.24) is 14.0 Å². The molecule has 18 heavy (non-hydrogen) atoms. The zero-order valence-electron chi connectivity index (χ0n) is 12.4. The van der Waals surface area contributed by atoms with Crippen molar-refractivity contribution in [2.24, 2.45) is 0 Å². The monoisotopic (exact) mass is 266 g/mol. The average Bonchev–Trinajstić information content (AvgIpc) is 2.29. The Labute approximate surface area is 112 Å². The van der Waals surface area contributed by atoms with E-state index in [1.165, 1.54) is 5.30 Å². The second kappa shape index (κ2) is 5.94. The topological polar surface area (TPSA) is 9.72 Å². The molecule has 0 aliphatic heterocycles. The van der Waals surface area contributed by atoms with E-state index >= 15 is 0 Å². The molecule has 0 radical (unpaired) electrons. The number of hydrogen-bond acceptors (Lipinski definition) is 3. The highest BCUT2D eigenvalue weighted by Gasteiger charge is 2.49. The zero-order valence-corrected chi connectivity index (χ0v) is 13.3. The summed E-state index contributed by atoms with van der Waals surface area (Å²) in [5, 5.41) is 1.35. The predicted molar refractivity (Wildman–Crippen MR) is 84.1 cm³/mol. The minimum Gasteiger partial charge on any atom is -0.150 e. The average molecular weight is 266 g/mol. The van der Waals surface area contributed by atoms with E-state index in [1.54, 1.807) is 0 Å². The van der Waals surface area contributed by atoms with E-state index in [1.807, 2.05) is 6.08 Å². The lowest BCUT2D eigenvalue weighted by Crippen LogP contribution is -2.42. The van der Waals surface area contributed by atoms with Gasteiger partial charge in [0.05, 0.1) is 0 Å². The number of nitrogens with zero attached hydrogens (tertiary/aromatic N) is 3. The molecule has 0 N–H and O–H groups in total. The van der Waals surface area contributed by atoms with Crippen LogP contribution in [-0.2, 0) is 0 Å². The number of rotatable bonds is 5. The van der Waals surface area contributed by atoms with Gasteiger partial charge in [-0.15, -0.1) is 0 Å². The molecule has 0 unspecified atom stereocenters. The molecule has 0 aliphatic rings. The quantitative estimate of drug-likeness (QED) is 0.758. The fourth-order valence-electron chi connectivity index (χ4n) is 2.58. The lowest BCUT2D eigenvalue weighted by atomic mass is 10.2. The summed E-state index contributed by atoms with van der Waals surface area (Å²) in [6.07, 6.45) is 1.88. The summed E-state index contributed by atoms with van der Waals surface area (Å²) in [6, 6.07) is 8.69. The Morgan fingerprint density at radius 2 is 1.22 bits per heavy atom. The van der Waals surface area contributed by atoms with Crippen LogP contribution in [0, 0.1) is 0 Å². The normalized spacial score (nSPS) is 12.5. The fraction of sp³-hybridized carbons (Fsp3) is 0.429. The first-order chi connectivity index (χ1) is 8.37. The van der Waals surface area contributed by atoms with Crippen LogP contribution in [0.15, 0.2) is 30.8 Å². The van der Waals surface area contributed by atoms with Gasteiger partial charge < -0.3 is 0 Å². The third kappa shape index (κ3) is 2.50. The number of benzene rings is 1. The highest BCUT2D eigenvalue weighted by molar-refractivity contribution is 7.76. The molecular weight excluding hydrogens is 241 g/mol. The van der Waals surface area contributed by atoms with Gasteiger partial charge in [0.15, 0.2) is 0 Å². The SMILES string of the molecule is C=Cc1ccc([P+](N(C)C)(N(C)C)N(C)C)cc1. The molecule has 0 fully saturated rings. The van der Waals surface area contributed by atoms with Gasteiger partial charge in [-0.05, 0) is 17.7 Å². The van der Waals surface area contributed by atoms with E-state index in [9.17, 15) is 0 Å². The Hall–Kier alpha value is -0.730. The third-order valence-corrected chi connectivity index (χ3v) is 7.49. The fourth-order valence-corrected chi connectivity index (χ4v) is 6.66. The highest BCUT2D eigenvalue weighted by Crippen LogP contribution is 2.62. The molecule has 1 rings (SSSR count). The summed E-state index contributed by atoms with van der Waals surface area (Å²) in [4.78, 5) is 0. The molecule has 0 aliphatic carbocycles. The maximum absolute atomic E-state index is 3.81. The zero-order chi connectivity index (χ0) is 13.9. The Morgan fingerprint density at radius 1 is 0.833 bits per heavy atom. The van der Waals surface area contributed by atoms with Crippen molar-refractivity contribution < 1.29 is 0 Å². The van der Waals surface area contributed by atoms with Crippen LogP contribution in [0.4, 0.5) is 0 Å². The summed E-state index contributed by atoms with van der Waals surface area (Å²) in [5.74, 6) is 0. The first kappa shape index (κ1) is 15.3. The lowest BCUT2D eigenvalue weighted by molar-refractivity contribution is 0.473. The van der Waals surface area contributed by atoms with Gasteiger partial charge in [-0.25, -0.2) is 0 Å². The van der Waals surface area contributed by atoms with Crippen molar-refractivity contribution in [1.29, 1.82) is 0 Å². The second-order valence-corrected chi connectivity index (χ2v) is 8.96. The van der Waals surface area contributed by atoms with Gasteiger partial charge in [0.25, 0.3) is 7.71 Å². The van der Waals surface area contributed by atoms with Gasteiger partial charge in [0.1, 0.15) is 5.30 Å². The highest BCUT2D eigenvalue weighted by atomic mass is 31.2. The van der Waals surface area contributed by atoms with Crippen LogP contribution in [0.2, 0.25) is 0 Å². The minimum atomic E-state index is -1.63. The summed E-state index contributed by atoms with van der Waals surface area (Å²) in [6.45, 7) is 3.81. The van der Waals surface area contributed by atoms with Crippen molar-refractivity contribution >= 4 is 19.1 Å².